The zero-order valence-corrected chi connectivity index (χ0v) is 14.9. The van der Waals surface area contributed by atoms with Gasteiger partial charge in [-0.15, -0.1) is 0 Å². The van der Waals surface area contributed by atoms with Crippen molar-refractivity contribution >= 4 is 6.03 Å². The van der Waals surface area contributed by atoms with Gasteiger partial charge in [0, 0.05) is 25.0 Å². The minimum atomic E-state index is -0.135. The van der Waals surface area contributed by atoms with Gasteiger partial charge in [-0.3, -0.25) is 4.90 Å². The molecule has 7 nitrogen and oxygen atoms in total. The third kappa shape index (κ3) is 4.57. The van der Waals surface area contributed by atoms with Gasteiger partial charge in [0.05, 0.1) is 6.04 Å². The topological polar surface area (TPSA) is 83.3 Å². The first-order valence-electron chi connectivity index (χ1n) is 8.65. The summed E-state index contributed by atoms with van der Waals surface area (Å²) in [5.74, 6) is 1.30. The molecule has 1 aromatic carbocycles. The molecule has 7 heteroatoms. The SMILES string of the molecule is CC(C)NC(=O)N[C@@H]1C[C@@H](c2nc(Cc3ccccc3)no2)N(C)C1. The molecule has 1 aromatic heterocycles. The van der Waals surface area contributed by atoms with Crippen molar-refractivity contribution in [3.63, 3.8) is 0 Å². The van der Waals surface area contributed by atoms with E-state index in [4.69, 9.17) is 4.52 Å². The summed E-state index contributed by atoms with van der Waals surface area (Å²) in [6.07, 6.45) is 1.41. The smallest absolute Gasteiger partial charge is 0.315 e. The highest BCUT2D eigenvalue weighted by Crippen LogP contribution is 2.29. The van der Waals surface area contributed by atoms with E-state index in [1.807, 2.05) is 51.2 Å². The van der Waals surface area contributed by atoms with Gasteiger partial charge in [-0.2, -0.15) is 4.98 Å². The first-order valence-corrected chi connectivity index (χ1v) is 8.65. The van der Waals surface area contributed by atoms with Crippen LogP contribution in [-0.2, 0) is 6.42 Å². The largest absolute Gasteiger partial charge is 0.338 e. The summed E-state index contributed by atoms with van der Waals surface area (Å²) in [6.45, 7) is 4.64. The maximum Gasteiger partial charge on any atom is 0.315 e. The number of nitrogens with zero attached hydrogens (tertiary/aromatic N) is 3. The van der Waals surface area contributed by atoms with Crippen molar-refractivity contribution in [2.75, 3.05) is 13.6 Å². The van der Waals surface area contributed by atoms with Crippen molar-refractivity contribution in [3.8, 4) is 0 Å². The minimum absolute atomic E-state index is 0.0290. The van der Waals surface area contributed by atoms with E-state index in [-0.39, 0.29) is 24.2 Å². The fourth-order valence-electron chi connectivity index (χ4n) is 3.14. The van der Waals surface area contributed by atoms with Crippen molar-refractivity contribution in [2.24, 2.45) is 0 Å². The van der Waals surface area contributed by atoms with E-state index in [2.05, 4.69) is 25.7 Å². The van der Waals surface area contributed by atoms with Gasteiger partial charge < -0.3 is 15.2 Å². The van der Waals surface area contributed by atoms with E-state index in [1.165, 1.54) is 0 Å². The Labute approximate surface area is 147 Å². The number of carbonyl (C=O) groups excluding carboxylic acids is 1. The molecular weight excluding hydrogens is 318 g/mol. The number of rotatable bonds is 5. The molecule has 3 rings (SSSR count). The second-order valence-corrected chi connectivity index (χ2v) is 6.87. The molecule has 2 atom stereocenters. The fourth-order valence-corrected chi connectivity index (χ4v) is 3.14. The molecular formula is C18H25N5O2. The molecule has 134 valence electrons. The van der Waals surface area contributed by atoms with E-state index in [1.54, 1.807) is 0 Å². The molecule has 2 amide bonds. The molecule has 0 bridgehead atoms. The molecule has 1 aliphatic heterocycles. The molecule has 2 N–H and O–H groups in total. The zero-order valence-electron chi connectivity index (χ0n) is 14.9. The third-order valence-corrected chi connectivity index (χ3v) is 4.28. The quantitative estimate of drug-likeness (QED) is 0.869. The van der Waals surface area contributed by atoms with Gasteiger partial charge >= 0.3 is 6.03 Å². The Hall–Kier alpha value is -2.41. The second kappa shape index (κ2) is 7.65. The molecule has 1 aliphatic rings. The maximum absolute atomic E-state index is 11.9. The van der Waals surface area contributed by atoms with Gasteiger partial charge in [0.1, 0.15) is 0 Å². The van der Waals surface area contributed by atoms with E-state index >= 15 is 0 Å². The Morgan fingerprint density at radius 1 is 1.36 bits per heavy atom. The Kier molecular flexibility index (Phi) is 5.33. The Morgan fingerprint density at radius 2 is 2.12 bits per heavy atom. The van der Waals surface area contributed by atoms with Crippen LogP contribution in [0.1, 0.15) is 43.6 Å². The number of carbonyl (C=O) groups is 1. The minimum Gasteiger partial charge on any atom is -0.338 e. The van der Waals surface area contributed by atoms with Crippen LogP contribution in [0, 0.1) is 0 Å². The van der Waals surface area contributed by atoms with Crippen molar-refractivity contribution in [2.45, 2.75) is 44.8 Å². The van der Waals surface area contributed by atoms with Crippen LogP contribution in [0.2, 0.25) is 0 Å². The lowest BCUT2D eigenvalue weighted by molar-refractivity contribution is 0.234. The van der Waals surface area contributed by atoms with Crippen LogP contribution in [0.3, 0.4) is 0 Å². The van der Waals surface area contributed by atoms with Crippen LogP contribution in [0.4, 0.5) is 4.79 Å². The van der Waals surface area contributed by atoms with E-state index in [9.17, 15) is 4.79 Å². The monoisotopic (exact) mass is 343 g/mol. The first kappa shape index (κ1) is 17.4. The third-order valence-electron chi connectivity index (χ3n) is 4.28. The summed E-state index contributed by atoms with van der Waals surface area (Å²) < 4.78 is 5.48. The van der Waals surface area contributed by atoms with E-state index < -0.39 is 0 Å². The van der Waals surface area contributed by atoms with Gasteiger partial charge in [-0.1, -0.05) is 35.5 Å². The predicted molar refractivity (Wildman–Crippen MR) is 94.1 cm³/mol. The average Bonchev–Trinajstić information content (AvgIpc) is 3.14. The lowest BCUT2D eigenvalue weighted by Crippen LogP contribution is -2.45. The lowest BCUT2D eigenvalue weighted by Gasteiger charge is -2.15. The van der Waals surface area contributed by atoms with E-state index in [0.717, 1.165) is 18.5 Å². The lowest BCUT2D eigenvalue weighted by atomic mass is 10.1. The summed E-state index contributed by atoms with van der Waals surface area (Å²) >= 11 is 0. The second-order valence-electron chi connectivity index (χ2n) is 6.87. The molecule has 0 saturated carbocycles. The van der Waals surface area contributed by atoms with Crippen LogP contribution in [0.15, 0.2) is 34.9 Å². The van der Waals surface area contributed by atoms with Crippen molar-refractivity contribution in [1.29, 1.82) is 0 Å². The van der Waals surface area contributed by atoms with Crippen molar-refractivity contribution in [3.05, 3.63) is 47.6 Å². The normalized spacial score (nSPS) is 20.8. The fraction of sp³-hybridized carbons (Fsp3) is 0.500. The molecule has 2 aromatic rings. The van der Waals surface area contributed by atoms with Gasteiger partial charge in [0.25, 0.3) is 0 Å². The summed E-state index contributed by atoms with van der Waals surface area (Å²) in [4.78, 5) is 18.6. The van der Waals surface area contributed by atoms with Crippen LogP contribution < -0.4 is 10.6 Å². The number of hydrogen-bond acceptors (Lipinski definition) is 5. The summed E-state index contributed by atoms with van der Waals surface area (Å²) in [7, 11) is 2.01. The Bertz CT molecular complexity index is 701. The molecule has 0 unspecified atom stereocenters. The number of nitrogens with one attached hydrogen (secondary N) is 2. The summed E-state index contributed by atoms with van der Waals surface area (Å²) in [5, 5.41) is 9.96. The molecule has 1 fully saturated rings. The van der Waals surface area contributed by atoms with E-state index in [0.29, 0.717) is 18.1 Å². The number of urea groups is 1. The number of likely N-dealkylation sites (tertiary alicyclic amines) is 1. The first-order chi connectivity index (χ1) is 12.0. The molecule has 1 saturated heterocycles. The van der Waals surface area contributed by atoms with Gasteiger partial charge in [0.2, 0.25) is 5.89 Å². The standard InChI is InChI=1S/C18H25N5O2/c1-12(2)19-18(24)20-14-10-15(23(3)11-14)17-21-16(22-25-17)9-13-7-5-4-6-8-13/h4-8,12,14-15H,9-11H2,1-3H3,(H2,19,20,24)/t14-,15+/m1/s1. The van der Waals surface area contributed by atoms with Crippen LogP contribution in [0.5, 0.6) is 0 Å². The highest BCUT2D eigenvalue weighted by atomic mass is 16.5. The Morgan fingerprint density at radius 3 is 2.84 bits per heavy atom. The maximum atomic E-state index is 11.9. The Balaban J connectivity index is 1.60. The van der Waals surface area contributed by atoms with Gasteiger partial charge in [-0.05, 0) is 32.9 Å². The summed E-state index contributed by atoms with van der Waals surface area (Å²) in [6, 6.07) is 10.2. The number of hydrogen-bond donors (Lipinski definition) is 2. The number of aromatic nitrogens is 2. The molecule has 0 aliphatic carbocycles. The molecule has 25 heavy (non-hydrogen) atoms. The van der Waals surface area contributed by atoms with Crippen molar-refractivity contribution < 1.29 is 9.32 Å². The van der Waals surface area contributed by atoms with Crippen LogP contribution >= 0.6 is 0 Å². The molecule has 2 heterocycles. The molecule has 0 spiro atoms. The number of benzene rings is 1. The summed E-state index contributed by atoms with van der Waals surface area (Å²) in [5.41, 5.74) is 1.15. The zero-order chi connectivity index (χ0) is 17.8. The molecule has 0 radical (unpaired) electrons. The highest BCUT2D eigenvalue weighted by Gasteiger charge is 2.35. The van der Waals surface area contributed by atoms with Gasteiger partial charge in [0.15, 0.2) is 5.82 Å². The number of likely N-dealkylation sites (N-methyl/N-ethyl adjacent to an activating group) is 1. The van der Waals surface area contributed by atoms with Gasteiger partial charge in [-0.25, -0.2) is 4.79 Å². The van der Waals surface area contributed by atoms with Crippen LogP contribution in [0.25, 0.3) is 0 Å². The predicted octanol–water partition coefficient (Wildman–Crippen LogP) is 2.11. The van der Waals surface area contributed by atoms with Crippen molar-refractivity contribution in [1.82, 2.24) is 25.7 Å². The van der Waals surface area contributed by atoms with Crippen LogP contribution in [-0.4, -0.2) is 46.7 Å². The number of amides is 2. The highest BCUT2D eigenvalue weighted by molar-refractivity contribution is 5.74. The average molecular weight is 343 g/mol.